The van der Waals surface area contributed by atoms with Gasteiger partial charge in [-0.2, -0.15) is 0 Å². The van der Waals surface area contributed by atoms with Crippen LogP contribution >= 0.6 is 35.0 Å². The molecular formula is C16H11Cl2N3S. The Morgan fingerprint density at radius 3 is 2.55 bits per heavy atom. The fraction of sp³-hybridized carbons (Fsp3) is 0.0625. The van der Waals surface area contributed by atoms with E-state index in [2.05, 4.69) is 15.2 Å². The van der Waals surface area contributed by atoms with Crippen molar-refractivity contribution in [3.05, 3.63) is 70.5 Å². The molecule has 0 atom stereocenters. The van der Waals surface area contributed by atoms with Crippen LogP contribution in [0.15, 0.2) is 59.9 Å². The molecule has 0 spiro atoms. The molecule has 3 aromatic rings. The average molecular weight is 348 g/mol. The first-order valence-electron chi connectivity index (χ1n) is 6.53. The van der Waals surface area contributed by atoms with Gasteiger partial charge >= 0.3 is 0 Å². The topological polar surface area (TPSA) is 38.7 Å². The minimum Gasteiger partial charge on any atom is -0.264 e. The lowest BCUT2D eigenvalue weighted by Crippen LogP contribution is -1.90. The summed E-state index contributed by atoms with van der Waals surface area (Å²) in [4.78, 5) is 4.08. The van der Waals surface area contributed by atoms with E-state index in [1.54, 1.807) is 30.2 Å². The van der Waals surface area contributed by atoms with Crippen molar-refractivity contribution in [3.63, 3.8) is 0 Å². The van der Waals surface area contributed by atoms with E-state index in [-0.39, 0.29) is 0 Å². The average Bonchev–Trinajstić information content (AvgIpc) is 2.57. The quantitative estimate of drug-likeness (QED) is 0.612. The number of rotatable bonds is 4. The molecule has 0 aliphatic rings. The van der Waals surface area contributed by atoms with Gasteiger partial charge in [-0.05, 0) is 42.0 Å². The molecule has 0 fully saturated rings. The van der Waals surface area contributed by atoms with E-state index in [0.717, 1.165) is 27.6 Å². The summed E-state index contributed by atoms with van der Waals surface area (Å²) in [5.74, 6) is 0.762. The third-order valence-corrected chi connectivity index (χ3v) is 4.70. The van der Waals surface area contributed by atoms with Crippen molar-refractivity contribution in [1.82, 2.24) is 15.2 Å². The SMILES string of the molecule is Clc1ccc(CSc2ccc(-c3cccnc3)nn2)cc1Cl. The van der Waals surface area contributed by atoms with Gasteiger partial charge in [-0.1, -0.05) is 41.0 Å². The molecule has 110 valence electrons. The van der Waals surface area contributed by atoms with Gasteiger partial charge in [-0.25, -0.2) is 0 Å². The Labute approximate surface area is 142 Å². The standard InChI is InChI=1S/C16H11Cl2N3S/c17-13-4-3-11(8-14(13)18)10-22-16-6-5-15(20-21-16)12-2-1-7-19-9-12/h1-9H,10H2. The highest BCUT2D eigenvalue weighted by molar-refractivity contribution is 7.98. The number of hydrogen-bond acceptors (Lipinski definition) is 4. The highest BCUT2D eigenvalue weighted by Crippen LogP contribution is 2.27. The summed E-state index contributed by atoms with van der Waals surface area (Å²) in [6, 6.07) is 13.4. The summed E-state index contributed by atoms with van der Waals surface area (Å²) in [6.45, 7) is 0. The zero-order valence-electron chi connectivity index (χ0n) is 11.4. The molecule has 0 unspecified atom stereocenters. The fourth-order valence-electron chi connectivity index (χ4n) is 1.85. The van der Waals surface area contributed by atoms with Gasteiger partial charge in [0.25, 0.3) is 0 Å². The summed E-state index contributed by atoms with van der Waals surface area (Å²) in [5, 5.41) is 10.5. The van der Waals surface area contributed by atoms with Crippen LogP contribution in [0.2, 0.25) is 10.0 Å². The Hall–Kier alpha value is -1.62. The van der Waals surface area contributed by atoms with E-state index >= 15 is 0 Å². The van der Waals surface area contributed by atoms with E-state index in [0.29, 0.717) is 10.0 Å². The maximum atomic E-state index is 6.01. The minimum absolute atomic E-state index is 0.566. The number of benzene rings is 1. The predicted molar refractivity (Wildman–Crippen MR) is 91.3 cm³/mol. The van der Waals surface area contributed by atoms with Gasteiger partial charge in [-0.15, -0.1) is 10.2 Å². The first-order valence-corrected chi connectivity index (χ1v) is 8.27. The van der Waals surface area contributed by atoms with Crippen LogP contribution in [0.1, 0.15) is 5.56 Å². The number of pyridine rings is 1. The number of thioether (sulfide) groups is 1. The lowest BCUT2D eigenvalue weighted by molar-refractivity contribution is 0.934. The van der Waals surface area contributed by atoms with Crippen LogP contribution in [0.3, 0.4) is 0 Å². The summed E-state index contributed by atoms with van der Waals surface area (Å²) >= 11 is 13.5. The van der Waals surface area contributed by atoms with Crippen molar-refractivity contribution in [1.29, 1.82) is 0 Å². The molecule has 0 amide bonds. The summed E-state index contributed by atoms with van der Waals surface area (Å²) in [7, 11) is 0. The van der Waals surface area contributed by atoms with E-state index in [1.165, 1.54) is 0 Å². The highest BCUT2D eigenvalue weighted by atomic mass is 35.5. The lowest BCUT2D eigenvalue weighted by Gasteiger charge is -2.04. The van der Waals surface area contributed by atoms with E-state index in [9.17, 15) is 0 Å². The maximum Gasteiger partial charge on any atom is 0.119 e. The Morgan fingerprint density at radius 1 is 0.955 bits per heavy atom. The Bertz CT molecular complexity index is 764. The van der Waals surface area contributed by atoms with Crippen LogP contribution in [0.25, 0.3) is 11.3 Å². The normalized spacial score (nSPS) is 10.6. The summed E-state index contributed by atoms with van der Waals surface area (Å²) < 4.78 is 0. The smallest absolute Gasteiger partial charge is 0.119 e. The molecule has 2 aromatic heterocycles. The second-order valence-electron chi connectivity index (χ2n) is 4.54. The summed E-state index contributed by atoms with van der Waals surface area (Å²) in [6.07, 6.45) is 3.50. The molecule has 0 aliphatic heterocycles. The molecule has 3 rings (SSSR count). The van der Waals surface area contributed by atoms with Crippen molar-refractivity contribution < 1.29 is 0 Å². The molecule has 0 radical (unpaired) electrons. The van der Waals surface area contributed by atoms with Crippen molar-refractivity contribution >= 4 is 35.0 Å². The molecule has 22 heavy (non-hydrogen) atoms. The number of hydrogen-bond donors (Lipinski definition) is 0. The zero-order chi connectivity index (χ0) is 15.4. The van der Waals surface area contributed by atoms with Gasteiger partial charge in [-0.3, -0.25) is 4.98 Å². The van der Waals surface area contributed by atoms with E-state index in [4.69, 9.17) is 23.2 Å². The van der Waals surface area contributed by atoms with Crippen molar-refractivity contribution in [2.45, 2.75) is 10.8 Å². The van der Waals surface area contributed by atoms with Crippen LogP contribution in [0.4, 0.5) is 0 Å². The van der Waals surface area contributed by atoms with Crippen LogP contribution in [-0.4, -0.2) is 15.2 Å². The lowest BCUT2D eigenvalue weighted by atomic mass is 10.2. The highest BCUT2D eigenvalue weighted by Gasteiger charge is 2.04. The molecule has 0 aliphatic carbocycles. The van der Waals surface area contributed by atoms with Gasteiger partial charge in [0.05, 0.1) is 15.7 Å². The van der Waals surface area contributed by atoms with Crippen LogP contribution in [-0.2, 0) is 5.75 Å². The molecule has 0 bridgehead atoms. The van der Waals surface area contributed by atoms with Crippen molar-refractivity contribution in [2.24, 2.45) is 0 Å². The molecule has 0 saturated heterocycles. The van der Waals surface area contributed by atoms with Gasteiger partial charge in [0, 0.05) is 23.7 Å². The maximum absolute atomic E-state index is 6.01. The number of halogens is 2. The molecule has 2 heterocycles. The first kappa shape index (κ1) is 15.3. The third kappa shape index (κ3) is 3.77. The van der Waals surface area contributed by atoms with Gasteiger partial charge in [0.15, 0.2) is 0 Å². The molecular weight excluding hydrogens is 337 g/mol. The Morgan fingerprint density at radius 2 is 1.86 bits per heavy atom. The minimum atomic E-state index is 0.566. The monoisotopic (exact) mass is 347 g/mol. The fourth-order valence-corrected chi connectivity index (χ4v) is 2.93. The molecule has 3 nitrogen and oxygen atoms in total. The first-order chi connectivity index (χ1) is 10.7. The Kier molecular flexibility index (Phi) is 4.93. The van der Waals surface area contributed by atoms with Gasteiger partial charge in [0.1, 0.15) is 5.03 Å². The van der Waals surface area contributed by atoms with Crippen LogP contribution < -0.4 is 0 Å². The van der Waals surface area contributed by atoms with Crippen molar-refractivity contribution in [3.8, 4) is 11.3 Å². The van der Waals surface area contributed by atoms with Gasteiger partial charge < -0.3 is 0 Å². The largest absolute Gasteiger partial charge is 0.264 e. The Balaban J connectivity index is 1.67. The van der Waals surface area contributed by atoms with Crippen LogP contribution in [0, 0.1) is 0 Å². The van der Waals surface area contributed by atoms with Crippen molar-refractivity contribution in [2.75, 3.05) is 0 Å². The molecule has 0 saturated carbocycles. The second-order valence-corrected chi connectivity index (χ2v) is 6.35. The number of nitrogens with zero attached hydrogens (tertiary/aromatic N) is 3. The second kappa shape index (κ2) is 7.09. The zero-order valence-corrected chi connectivity index (χ0v) is 13.7. The molecule has 0 N–H and O–H groups in total. The van der Waals surface area contributed by atoms with Gasteiger partial charge in [0.2, 0.25) is 0 Å². The van der Waals surface area contributed by atoms with E-state index < -0.39 is 0 Å². The number of aromatic nitrogens is 3. The van der Waals surface area contributed by atoms with E-state index in [1.807, 2.05) is 36.4 Å². The van der Waals surface area contributed by atoms with Crippen LogP contribution in [0.5, 0.6) is 0 Å². The molecule has 6 heteroatoms. The predicted octanol–water partition coefficient (Wildman–Crippen LogP) is 5.14. The third-order valence-electron chi connectivity index (χ3n) is 2.97. The summed E-state index contributed by atoms with van der Waals surface area (Å²) in [5.41, 5.74) is 2.86. The molecule has 1 aromatic carbocycles.